The number of nitrogens with one attached hydrogen (secondary N) is 1. The lowest BCUT2D eigenvalue weighted by Gasteiger charge is -2.47. The van der Waals surface area contributed by atoms with Crippen molar-refractivity contribution in [1.29, 1.82) is 0 Å². The van der Waals surface area contributed by atoms with Gasteiger partial charge in [0.1, 0.15) is 5.54 Å². The Morgan fingerprint density at radius 1 is 0.909 bits per heavy atom. The molecule has 0 aliphatic carbocycles. The first-order chi connectivity index (χ1) is 16.0. The highest BCUT2D eigenvalue weighted by Crippen LogP contribution is 2.33. The minimum absolute atomic E-state index is 0.153. The molecule has 33 heavy (non-hydrogen) atoms. The Bertz CT molecular complexity index is 1080. The molecular weight excluding hydrogens is 434 g/mol. The summed E-state index contributed by atoms with van der Waals surface area (Å²) in [5, 5.41) is 3.71. The zero-order valence-electron chi connectivity index (χ0n) is 18.7. The van der Waals surface area contributed by atoms with Crippen LogP contribution in [0.25, 0.3) is 0 Å². The maximum absolute atomic E-state index is 13.9. The van der Waals surface area contributed by atoms with Crippen molar-refractivity contribution in [3.63, 3.8) is 0 Å². The normalized spacial score (nSPS) is 15.6. The number of para-hydroxylation sites is 1. The van der Waals surface area contributed by atoms with Crippen LogP contribution in [0.15, 0.2) is 84.9 Å². The molecule has 1 saturated heterocycles. The Kier molecular flexibility index (Phi) is 7.11. The molecule has 2 amide bonds. The van der Waals surface area contributed by atoms with E-state index in [0.29, 0.717) is 30.0 Å². The van der Waals surface area contributed by atoms with Crippen LogP contribution < -0.4 is 5.32 Å². The highest BCUT2D eigenvalue weighted by Gasteiger charge is 2.48. The summed E-state index contributed by atoms with van der Waals surface area (Å²) in [7, 11) is 2.04. The topological polar surface area (TPSA) is 52.7 Å². The Morgan fingerprint density at radius 3 is 2.09 bits per heavy atom. The van der Waals surface area contributed by atoms with Gasteiger partial charge in [0.2, 0.25) is 5.91 Å². The van der Waals surface area contributed by atoms with Crippen LogP contribution in [0.4, 0.5) is 5.69 Å². The maximum Gasteiger partial charge on any atom is 0.255 e. The number of carbonyl (C=O) groups excluding carboxylic acids is 2. The third-order valence-corrected chi connectivity index (χ3v) is 6.56. The number of benzene rings is 3. The van der Waals surface area contributed by atoms with Gasteiger partial charge in [0.25, 0.3) is 5.91 Å². The van der Waals surface area contributed by atoms with Crippen molar-refractivity contribution in [3.05, 3.63) is 101 Å². The lowest BCUT2D eigenvalue weighted by molar-refractivity contribution is -0.130. The largest absolute Gasteiger partial charge is 0.324 e. The first-order valence-electron chi connectivity index (χ1n) is 11.1. The Balaban J connectivity index is 1.75. The molecule has 1 fully saturated rings. The Morgan fingerprint density at radius 2 is 1.48 bits per heavy atom. The molecule has 0 saturated carbocycles. The third-order valence-electron chi connectivity index (χ3n) is 6.31. The second-order valence-corrected chi connectivity index (χ2v) is 8.98. The average molecular weight is 462 g/mol. The van der Waals surface area contributed by atoms with Gasteiger partial charge in [-0.25, -0.2) is 0 Å². The van der Waals surface area contributed by atoms with E-state index in [1.807, 2.05) is 79.8 Å². The maximum atomic E-state index is 13.9. The molecule has 3 aromatic carbocycles. The number of anilines is 1. The number of amides is 2. The highest BCUT2D eigenvalue weighted by molar-refractivity contribution is 6.30. The van der Waals surface area contributed by atoms with Gasteiger partial charge in [-0.1, -0.05) is 60.1 Å². The van der Waals surface area contributed by atoms with E-state index in [0.717, 1.165) is 24.3 Å². The highest BCUT2D eigenvalue weighted by atomic mass is 35.5. The second kappa shape index (κ2) is 10.2. The molecular formula is C27H28ClN3O2. The minimum atomic E-state index is -0.977. The van der Waals surface area contributed by atoms with Gasteiger partial charge in [-0.2, -0.15) is 0 Å². The van der Waals surface area contributed by atoms with E-state index in [1.165, 1.54) is 0 Å². The van der Waals surface area contributed by atoms with Crippen molar-refractivity contribution < 1.29 is 9.59 Å². The summed E-state index contributed by atoms with van der Waals surface area (Å²) < 4.78 is 0. The lowest BCUT2D eigenvalue weighted by atomic mass is 9.83. The van der Waals surface area contributed by atoms with E-state index < -0.39 is 5.54 Å². The summed E-state index contributed by atoms with van der Waals surface area (Å²) >= 11 is 6.09. The van der Waals surface area contributed by atoms with Gasteiger partial charge in [0, 0.05) is 35.9 Å². The average Bonchev–Trinajstić information content (AvgIpc) is 2.85. The summed E-state index contributed by atoms with van der Waals surface area (Å²) in [5.41, 5.74) is 1.24. The number of hydrogen-bond donors (Lipinski definition) is 1. The zero-order chi connectivity index (χ0) is 23.3. The molecule has 170 valence electrons. The molecule has 0 aromatic heterocycles. The third kappa shape index (κ3) is 5.27. The van der Waals surface area contributed by atoms with Crippen molar-refractivity contribution >= 4 is 29.1 Å². The van der Waals surface area contributed by atoms with Crippen LogP contribution in [-0.4, -0.2) is 47.3 Å². The Labute approximate surface area is 200 Å². The van der Waals surface area contributed by atoms with Gasteiger partial charge in [0.05, 0.1) is 0 Å². The van der Waals surface area contributed by atoms with Crippen LogP contribution in [0, 0.1) is 0 Å². The van der Waals surface area contributed by atoms with Gasteiger partial charge < -0.3 is 15.1 Å². The summed E-state index contributed by atoms with van der Waals surface area (Å²) in [5.74, 6) is -0.307. The fraction of sp³-hybridized carbons (Fsp3) is 0.259. The molecule has 4 rings (SSSR count). The van der Waals surface area contributed by atoms with Crippen molar-refractivity contribution in [2.45, 2.75) is 24.9 Å². The van der Waals surface area contributed by atoms with E-state index in [4.69, 9.17) is 11.6 Å². The van der Waals surface area contributed by atoms with Crippen LogP contribution >= 0.6 is 11.6 Å². The molecule has 6 heteroatoms. The summed E-state index contributed by atoms with van der Waals surface area (Å²) in [6.07, 6.45) is 1.10. The van der Waals surface area contributed by atoms with Gasteiger partial charge in [0.15, 0.2) is 0 Å². The van der Waals surface area contributed by atoms with Gasteiger partial charge in [-0.05, 0) is 61.9 Å². The van der Waals surface area contributed by atoms with Crippen molar-refractivity contribution in [1.82, 2.24) is 9.80 Å². The SMILES string of the molecule is CN1CCC(C(=O)Nc2ccccc2)(N(Cc2ccc(Cl)cc2)C(=O)c2ccccc2)CC1. The van der Waals surface area contributed by atoms with E-state index in [9.17, 15) is 9.59 Å². The van der Waals surface area contributed by atoms with E-state index in [1.54, 1.807) is 17.0 Å². The van der Waals surface area contributed by atoms with Crippen LogP contribution in [0.2, 0.25) is 5.02 Å². The van der Waals surface area contributed by atoms with Gasteiger partial charge in [-0.3, -0.25) is 9.59 Å². The molecule has 0 spiro atoms. The number of nitrogens with zero attached hydrogens (tertiary/aromatic N) is 2. The number of rotatable bonds is 6. The van der Waals surface area contributed by atoms with E-state index in [2.05, 4.69) is 10.2 Å². The molecule has 3 aromatic rings. The van der Waals surface area contributed by atoms with Crippen LogP contribution in [-0.2, 0) is 11.3 Å². The Hall–Kier alpha value is -3.15. The first kappa shape index (κ1) is 23.0. The van der Waals surface area contributed by atoms with Crippen molar-refractivity contribution in [2.24, 2.45) is 0 Å². The molecule has 1 heterocycles. The predicted molar refractivity (Wildman–Crippen MR) is 132 cm³/mol. The lowest BCUT2D eigenvalue weighted by Crippen LogP contribution is -2.62. The predicted octanol–water partition coefficient (Wildman–Crippen LogP) is 5.09. The smallest absolute Gasteiger partial charge is 0.255 e. The van der Waals surface area contributed by atoms with Crippen molar-refractivity contribution in [2.75, 3.05) is 25.5 Å². The summed E-state index contributed by atoms with van der Waals surface area (Å²) in [6.45, 7) is 1.76. The van der Waals surface area contributed by atoms with Crippen LogP contribution in [0.3, 0.4) is 0 Å². The minimum Gasteiger partial charge on any atom is -0.324 e. The monoisotopic (exact) mass is 461 g/mol. The van der Waals surface area contributed by atoms with Gasteiger partial charge in [-0.15, -0.1) is 0 Å². The zero-order valence-corrected chi connectivity index (χ0v) is 19.5. The summed E-state index contributed by atoms with van der Waals surface area (Å²) in [4.78, 5) is 31.7. The summed E-state index contributed by atoms with van der Waals surface area (Å²) in [6, 6.07) is 26.0. The number of halogens is 1. The van der Waals surface area contributed by atoms with Gasteiger partial charge >= 0.3 is 0 Å². The van der Waals surface area contributed by atoms with Crippen LogP contribution in [0.5, 0.6) is 0 Å². The fourth-order valence-corrected chi connectivity index (χ4v) is 4.43. The second-order valence-electron chi connectivity index (χ2n) is 8.54. The number of hydrogen-bond acceptors (Lipinski definition) is 3. The molecule has 5 nitrogen and oxygen atoms in total. The molecule has 0 bridgehead atoms. The molecule has 0 unspecified atom stereocenters. The number of carbonyl (C=O) groups is 2. The quantitative estimate of drug-likeness (QED) is 0.556. The molecule has 1 aliphatic rings. The van der Waals surface area contributed by atoms with E-state index >= 15 is 0 Å². The number of likely N-dealkylation sites (tertiary alicyclic amines) is 1. The molecule has 0 radical (unpaired) electrons. The molecule has 1 aliphatic heterocycles. The van der Waals surface area contributed by atoms with E-state index in [-0.39, 0.29) is 11.8 Å². The molecule has 1 N–H and O–H groups in total. The molecule has 0 atom stereocenters. The fourth-order valence-electron chi connectivity index (χ4n) is 4.30. The standard InChI is InChI=1S/C27H28ClN3O2/c1-30-18-16-27(17-19-30,26(33)29-24-10-6-3-7-11-24)31(20-21-12-14-23(28)15-13-21)25(32)22-8-4-2-5-9-22/h2-15H,16-20H2,1H3,(H,29,33). The van der Waals surface area contributed by atoms with Crippen LogP contribution in [0.1, 0.15) is 28.8 Å². The first-order valence-corrected chi connectivity index (χ1v) is 11.5. The number of piperidine rings is 1. The van der Waals surface area contributed by atoms with Crippen molar-refractivity contribution in [3.8, 4) is 0 Å².